The van der Waals surface area contributed by atoms with E-state index in [1.807, 2.05) is 0 Å². The zero-order valence-electron chi connectivity index (χ0n) is 9.62. The minimum Gasteiger partial charge on any atom is -0.481 e. The zero-order chi connectivity index (χ0) is 13.8. The molecule has 1 rings (SSSR count). The molecule has 0 saturated carbocycles. The number of carboxylic acid groups (broad SMARTS) is 1. The summed E-state index contributed by atoms with van der Waals surface area (Å²) in [4.78, 5) is 13.9. The summed E-state index contributed by atoms with van der Waals surface area (Å²) in [6.45, 7) is 0. The maximum absolute atomic E-state index is 12.7. The normalized spacial score (nSPS) is 11.3. The second-order valence-electron chi connectivity index (χ2n) is 3.65. The highest BCUT2D eigenvalue weighted by atomic mass is 19.4. The van der Waals surface area contributed by atoms with Crippen LogP contribution >= 0.6 is 0 Å². The number of rotatable bonds is 5. The van der Waals surface area contributed by atoms with Crippen molar-refractivity contribution >= 4 is 5.97 Å². The van der Waals surface area contributed by atoms with Crippen molar-refractivity contribution < 1.29 is 27.8 Å². The van der Waals surface area contributed by atoms with Gasteiger partial charge < -0.3 is 9.84 Å². The number of alkyl halides is 3. The number of carbonyl (C=O) groups is 1. The van der Waals surface area contributed by atoms with Gasteiger partial charge in [0, 0.05) is 12.6 Å². The van der Waals surface area contributed by atoms with E-state index in [1.54, 1.807) is 0 Å². The lowest BCUT2D eigenvalue weighted by atomic mass is 10.1. The maximum Gasteiger partial charge on any atom is 0.421 e. The topological polar surface area (TPSA) is 59.4 Å². The van der Waals surface area contributed by atoms with Gasteiger partial charge in [0.1, 0.15) is 5.56 Å². The molecule has 0 bridgehead atoms. The van der Waals surface area contributed by atoms with Gasteiger partial charge in [0.15, 0.2) is 0 Å². The van der Waals surface area contributed by atoms with Crippen LogP contribution in [0.3, 0.4) is 0 Å². The Labute approximate surface area is 101 Å². The molecule has 0 radical (unpaired) electrons. The summed E-state index contributed by atoms with van der Waals surface area (Å²) >= 11 is 0. The fourth-order valence-electron chi connectivity index (χ4n) is 1.44. The molecule has 0 unspecified atom stereocenters. The second-order valence-corrected chi connectivity index (χ2v) is 3.65. The molecule has 18 heavy (non-hydrogen) atoms. The summed E-state index contributed by atoms with van der Waals surface area (Å²) in [5, 5.41) is 8.44. The highest BCUT2D eigenvalue weighted by molar-refractivity contribution is 5.66. The standard InChI is InChI=1S/C11H12F3NO3/c1-18-10-8(11(12,13)14)5-7(6-15-10)3-2-4-9(16)17/h5-6H,2-4H2,1H3,(H,16,17). The Morgan fingerprint density at radius 1 is 1.50 bits per heavy atom. The minimum atomic E-state index is -4.54. The molecule has 0 fully saturated rings. The number of aliphatic carboxylic acids is 1. The SMILES string of the molecule is COc1ncc(CCCC(=O)O)cc1C(F)(F)F. The van der Waals surface area contributed by atoms with E-state index in [2.05, 4.69) is 9.72 Å². The molecule has 0 aromatic carbocycles. The first-order valence-corrected chi connectivity index (χ1v) is 5.16. The van der Waals surface area contributed by atoms with E-state index in [0.29, 0.717) is 5.56 Å². The predicted molar refractivity (Wildman–Crippen MR) is 56.4 cm³/mol. The number of aryl methyl sites for hydroxylation is 1. The molecule has 1 heterocycles. The molecule has 0 atom stereocenters. The molecular formula is C11H12F3NO3. The summed E-state index contributed by atoms with van der Waals surface area (Å²) in [6, 6.07) is 0.938. The van der Waals surface area contributed by atoms with E-state index in [9.17, 15) is 18.0 Å². The van der Waals surface area contributed by atoms with Crippen molar-refractivity contribution in [2.24, 2.45) is 0 Å². The van der Waals surface area contributed by atoms with Gasteiger partial charge in [0.25, 0.3) is 0 Å². The van der Waals surface area contributed by atoms with Crippen LogP contribution in [0.5, 0.6) is 5.88 Å². The second kappa shape index (κ2) is 5.70. The highest BCUT2D eigenvalue weighted by Crippen LogP contribution is 2.35. The van der Waals surface area contributed by atoms with Crippen molar-refractivity contribution in [3.63, 3.8) is 0 Å². The van der Waals surface area contributed by atoms with Gasteiger partial charge in [-0.25, -0.2) is 4.98 Å². The number of nitrogens with zero attached hydrogens (tertiary/aromatic N) is 1. The molecular weight excluding hydrogens is 251 g/mol. The first kappa shape index (κ1) is 14.3. The number of halogens is 3. The lowest BCUT2D eigenvalue weighted by molar-refractivity contribution is -0.139. The van der Waals surface area contributed by atoms with Gasteiger partial charge in [-0.05, 0) is 24.5 Å². The van der Waals surface area contributed by atoms with Crippen LogP contribution in [-0.4, -0.2) is 23.2 Å². The molecule has 0 amide bonds. The van der Waals surface area contributed by atoms with Crippen molar-refractivity contribution in [1.82, 2.24) is 4.98 Å². The third-order valence-corrected chi connectivity index (χ3v) is 2.26. The van der Waals surface area contributed by atoms with Crippen molar-refractivity contribution in [3.8, 4) is 5.88 Å². The maximum atomic E-state index is 12.7. The minimum absolute atomic E-state index is 0.0899. The Bertz CT molecular complexity index is 432. The van der Waals surface area contributed by atoms with Gasteiger partial charge in [0.05, 0.1) is 7.11 Å². The van der Waals surface area contributed by atoms with E-state index in [-0.39, 0.29) is 19.3 Å². The molecule has 0 spiro atoms. The zero-order valence-corrected chi connectivity index (χ0v) is 9.62. The van der Waals surface area contributed by atoms with Crippen molar-refractivity contribution in [2.75, 3.05) is 7.11 Å². The highest BCUT2D eigenvalue weighted by Gasteiger charge is 2.35. The van der Waals surface area contributed by atoms with E-state index in [4.69, 9.17) is 5.11 Å². The van der Waals surface area contributed by atoms with E-state index < -0.39 is 23.6 Å². The molecule has 0 aliphatic carbocycles. The van der Waals surface area contributed by atoms with Crippen LogP contribution < -0.4 is 4.74 Å². The van der Waals surface area contributed by atoms with Crippen LogP contribution in [0, 0.1) is 0 Å². The predicted octanol–water partition coefficient (Wildman–Crippen LogP) is 2.52. The van der Waals surface area contributed by atoms with Gasteiger partial charge in [0.2, 0.25) is 5.88 Å². The van der Waals surface area contributed by atoms with Crippen molar-refractivity contribution in [3.05, 3.63) is 23.4 Å². The first-order valence-electron chi connectivity index (χ1n) is 5.16. The Morgan fingerprint density at radius 2 is 2.17 bits per heavy atom. The fourth-order valence-corrected chi connectivity index (χ4v) is 1.44. The monoisotopic (exact) mass is 263 g/mol. The van der Waals surface area contributed by atoms with Gasteiger partial charge in [-0.15, -0.1) is 0 Å². The average Bonchev–Trinajstić information content (AvgIpc) is 2.27. The lowest BCUT2D eigenvalue weighted by Gasteiger charge is -2.12. The van der Waals surface area contributed by atoms with Crippen molar-refractivity contribution in [2.45, 2.75) is 25.4 Å². The van der Waals surface area contributed by atoms with Gasteiger partial charge in [-0.3, -0.25) is 4.79 Å². The van der Waals surface area contributed by atoms with Crippen LogP contribution in [0.1, 0.15) is 24.0 Å². The summed E-state index contributed by atoms with van der Waals surface area (Å²) in [5.74, 6) is -1.46. The van der Waals surface area contributed by atoms with E-state index in [0.717, 1.165) is 13.2 Å². The molecule has 7 heteroatoms. The Kier molecular flexibility index (Phi) is 4.52. The molecule has 0 saturated heterocycles. The number of hydrogen-bond donors (Lipinski definition) is 1. The molecule has 1 aromatic heterocycles. The smallest absolute Gasteiger partial charge is 0.421 e. The number of aromatic nitrogens is 1. The lowest BCUT2D eigenvalue weighted by Crippen LogP contribution is -2.09. The molecule has 0 aliphatic rings. The number of carboxylic acids is 1. The quantitative estimate of drug-likeness (QED) is 0.886. The van der Waals surface area contributed by atoms with E-state index in [1.165, 1.54) is 6.20 Å². The van der Waals surface area contributed by atoms with Crippen LogP contribution in [-0.2, 0) is 17.4 Å². The van der Waals surface area contributed by atoms with Gasteiger partial charge in [-0.1, -0.05) is 0 Å². The Balaban J connectivity index is 2.86. The Hall–Kier alpha value is -1.79. The number of pyridine rings is 1. The summed E-state index contributed by atoms with van der Waals surface area (Å²) in [5.41, 5.74) is -0.609. The van der Waals surface area contributed by atoms with Gasteiger partial charge in [-0.2, -0.15) is 13.2 Å². The first-order chi connectivity index (χ1) is 8.34. The van der Waals surface area contributed by atoms with Crippen LogP contribution in [0.4, 0.5) is 13.2 Å². The molecule has 1 N–H and O–H groups in total. The summed E-state index contributed by atoms with van der Waals surface area (Å²) in [6.07, 6.45) is -2.88. The van der Waals surface area contributed by atoms with Crippen molar-refractivity contribution in [1.29, 1.82) is 0 Å². The van der Waals surface area contributed by atoms with Crippen LogP contribution in [0.25, 0.3) is 0 Å². The molecule has 1 aromatic rings. The van der Waals surface area contributed by atoms with Crippen LogP contribution in [0.15, 0.2) is 12.3 Å². The summed E-state index contributed by atoms with van der Waals surface area (Å²) < 4.78 is 42.5. The molecule has 0 aliphatic heterocycles. The van der Waals surface area contributed by atoms with E-state index >= 15 is 0 Å². The average molecular weight is 263 g/mol. The number of ether oxygens (including phenoxy) is 1. The fraction of sp³-hybridized carbons (Fsp3) is 0.455. The third kappa shape index (κ3) is 3.90. The van der Waals surface area contributed by atoms with Gasteiger partial charge >= 0.3 is 12.1 Å². The number of hydrogen-bond acceptors (Lipinski definition) is 3. The van der Waals surface area contributed by atoms with Crippen LogP contribution in [0.2, 0.25) is 0 Å². The number of methoxy groups -OCH3 is 1. The molecule has 4 nitrogen and oxygen atoms in total. The largest absolute Gasteiger partial charge is 0.481 e. The third-order valence-electron chi connectivity index (χ3n) is 2.26. The summed E-state index contributed by atoms with van der Waals surface area (Å²) in [7, 11) is 1.11. The molecule has 100 valence electrons. The Morgan fingerprint density at radius 3 is 2.67 bits per heavy atom.